The molecule has 4 heteroatoms. The summed E-state index contributed by atoms with van der Waals surface area (Å²) < 4.78 is 5.55. The van der Waals surface area contributed by atoms with Crippen LogP contribution in [-0.4, -0.2) is 29.7 Å². The van der Waals surface area contributed by atoms with Crippen molar-refractivity contribution in [2.45, 2.75) is 52.4 Å². The number of Topliss-reactive ketones (excluding diaryl/α,β-unsaturated/α-hetero) is 1. The molecule has 110 valence electrons. The number of furan rings is 1. The maximum Gasteiger partial charge on any atom is 0.223 e. The minimum Gasteiger partial charge on any atom is -0.466 e. The van der Waals surface area contributed by atoms with E-state index in [2.05, 4.69) is 0 Å². The van der Waals surface area contributed by atoms with Crippen LogP contribution in [0.1, 0.15) is 60.9 Å². The SMILES string of the molecule is CC(=O)c1cc(CCC(=O)N2CCCCCC2)oc1C. The van der Waals surface area contributed by atoms with Gasteiger partial charge in [0.05, 0.1) is 5.56 Å². The monoisotopic (exact) mass is 277 g/mol. The van der Waals surface area contributed by atoms with Crippen LogP contribution < -0.4 is 0 Å². The van der Waals surface area contributed by atoms with Crippen LogP contribution >= 0.6 is 0 Å². The van der Waals surface area contributed by atoms with E-state index in [-0.39, 0.29) is 11.7 Å². The van der Waals surface area contributed by atoms with Crippen LogP contribution in [0.3, 0.4) is 0 Å². The van der Waals surface area contributed by atoms with Crippen molar-refractivity contribution < 1.29 is 14.0 Å². The molecule has 1 saturated heterocycles. The van der Waals surface area contributed by atoms with E-state index < -0.39 is 0 Å². The molecule has 1 aromatic rings. The largest absolute Gasteiger partial charge is 0.466 e. The fourth-order valence-electron chi connectivity index (χ4n) is 2.72. The van der Waals surface area contributed by atoms with Crippen LogP contribution in [-0.2, 0) is 11.2 Å². The third-order valence-electron chi connectivity index (χ3n) is 3.89. The van der Waals surface area contributed by atoms with Crippen LogP contribution in [0.15, 0.2) is 10.5 Å². The summed E-state index contributed by atoms with van der Waals surface area (Å²) in [5.74, 6) is 1.59. The van der Waals surface area contributed by atoms with E-state index in [1.54, 1.807) is 13.0 Å². The Morgan fingerprint density at radius 1 is 1.20 bits per heavy atom. The molecule has 0 aliphatic carbocycles. The van der Waals surface area contributed by atoms with Crippen molar-refractivity contribution in [2.75, 3.05) is 13.1 Å². The molecule has 4 nitrogen and oxygen atoms in total. The molecular formula is C16H23NO3. The van der Waals surface area contributed by atoms with Crippen molar-refractivity contribution in [3.8, 4) is 0 Å². The summed E-state index contributed by atoms with van der Waals surface area (Å²) in [6, 6.07) is 1.77. The molecule has 20 heavy (non-hydrogen) atoms. The summed E-state index contributed by atoms with van der Waals surface area (Å²) in [5, 5.41) is 0. The van der Waals surface area contributed by atoms with Gasteiger partial charge < -0.3 is 9.32 Å². The van der Waals surface area contributed by atoms with E-state index in [1.807, 2.05) is 4.90 Å². The van der Waals surface area contributed by atoms with Crippen LogP contribution in [0.25, 0.3) is 0 Å². The quantitative estimate of drug-likeness (QED) is 0.794. The number of carbonyl (C=O) groups is 2. The predicted octanol–water partition coefficient (Wildman–Crippen LogP) is 3.13. The predicted molar refractivity (Wildman–Crippen MR) is 76.8 cm³/mol. The first-order chi connectivity index (χ1) is 9.58. The van der Waals surface area contributed by atoms with Gasteiger partial charge in [-0.05, 0) is 32.8 Å². The van der Waals surface area contributed by atoms with Gasteiger partial charge in [0.15, 0.2) is 5.78 Å². The van der Waals surface area contributed by atoms with Crippen LogP contribution in [0.2, 0.25) is 0 Å². The molecule has 0 spiro atoms. The number of rotatable bonds is 4. The molecule has 1 aliphatic heterocycles. The average Bonchev–Trinajstić information content (AvgIpc) is 2.64. The lowest BCUT2D eigenvalue weighted by atomic mass is 10.1. The molecule has 2 heterocycles. The van der Waals surface area contributed by atoms with Gasteiger partial charge >= 0.3 is 0 Å². The first-order valence-electron chi connectivity index (χ1n) is 7.46. The van der Waals surface area contributed by atoms with Gasteiger partial charge in [0.1, 0.15) is 11.5 Å². The molecule has 1 amide bonds. The summed E-state index contributed by atoms with van der Waals surface area (Å²) in [7, 11) is 0. The molecule has 1 aliphatic rings. The lowest BCUT2D eigenvalue weighted by Gasteiger charge is -2.19. The normalized spacial score (nSPS) is 16.0. The van der Waals surface area contributed by atoms with Crippen molar-refractivity contribution >= 4 is 11.7 Å². The minimum atomic E-state index is 0.0105. The lowest BCUT2D eigenvalue weighted by Crippen LogP contribution is -2.31. The molecule has 0 saturated carbocycles. The van der Waals surface area contributed by atoms with Gasteiger partial charge in [-0.3, -0.25) is 9.59 Å². The Balaban J connectivity index is 1.89. The molecule has 0 aromatic carbocycles. The number of likely N-dealkylation sites (tertiary alicyclic amines) is 1. The van der Waals surface area contributed by atoms with Gasteiger partial charge in [0.2, 0.25) is 5.91 Å². The molecule has 0 unspecified atom stereocenters. The summed E-state index contributed by atoms with van der Waals surface area (Å²) in [5.41, 5.74) is 0.627. The fraction of sp³-hybridized carbons (Fsp3) is 0.625. The van der Waals surface area contributed by atoms with Crippen LogP contribution in [0.4, 0.5) is 0 Å². The first-order valence-corrected chi connectivity index (χ1v) is 7.46. The van der Waals surface area contributed by atoms with E-state index in [1.165, 1.54) is 19.8 Å². The summed E-state index contributed by atoms with van der Waals surface area (Å²) in [4.78, 5) is 25.5. The number of nitrogens with zero attached hydrogens (tertiary/aromatic N) is 1. The molecule has 1 fully saturated rings. The van der Waals surface area contributed by atoms with Crippen molar-refractivity contribution in [1.29, 1.82) is 0 Å². The highest BCUT2D eigenvalue weighted by Crippen LogP contribution is 2.17. The van der Waals surface area contributed by atoms with Crippen molar-refractivity contribution in [1.82, 2.24) is 4.90 Å². The van der Waals surface area contributed by atoms with Gasteiger partial charge in [-0.2, -0.15) is 0 Å². The number of amides is 1. The first kappa shape index (κ1) is 14.8. The maximum atomic E-state index is 12.2. The molecule has 0 atom stereocenters. The second-order valence-corrected chi connectivity index (χ2v) is 5.53. The van der Waals surface area contributed by atoms with Crippen molar-refractivity contribution in [3.05, 3.63) is 23.2 Å². The number of hydrogen-bond acceptors (Lipinski definition) is 3. The van der Waals surface area contributed by atoms with E-state index in [4.69, 9.17) is 4.42 Å². The van der Waals surface area contributed by atoms with Crippen molar-refractivity contribution in [2.24, 2.45) is 0 Å². The maximum absolute atomic E-state index is 12.2. The Bertz CT molecular complexity index is 482. The third kappa shape index (κ3) is 3.71. The van der Waals surface area contributed by atoms with E-state index >= 15 is 0 Å². The Hall–Kier alpha value is -1.58. The Morgan fingerprint density at radius 2 is 1.85 bits per heavy atom. The zero-order valence-corrected chi connectivity index (χ0v) is 12.4. The van der Waals surface area contributed by atoms with Crippen molar-refractivity contribution in [3.63, 3.8) is 0 Å². The average molecular weight is 277 g/mol. The molecular weight excluding hydrogens is 254 g/mol. The second-order valence-electron chi connectivity index (χ2n) is 5.53. The highest BCUT2D eigenvalue weighted by molar-refractivity contribution is 5.95. The van der Waals surface area contributed by atoms with Gasteiger partial charge in [0, 0.05) is 25.9 Å². The smallest absolute Gasteiger partial charge is 0.223 e. The van der Waals surface area contributed by atoms with E-state index in [9.17, 15) is 9.59 Å². The molecule has 1 aromatic heterocycles. The molecule has 0 N–H and O–H groups in total. The van der Waals surface area contributed by atoms with Gasteiger partial charge in [-0.1, -0.05) is 12.8 Å². The molecule has 2 rings (SSSR count). The minimum absolute atomic E-state index is 0.0105. The number of aryl methyl sites for hydroxylation is 2. The summed E-state index contributed by atoms with van der Waals surface area (Å²) in [6.45, 7) is 5.09. The zero-order valence-electron chi connectivity index (χ0n) is 12.4. The third-order valence-corrected chi connectivity index (χ3v) is 3.89. The van der Waals surface area contributed by atoms with E-state index in [0.29, 0.717) is 24.2 Å². The molecule has 0 bridgehead atoms. The number of carbonyl (C=O) groups excluding carboxylic acids is 2. The van der Waals surface area contributed by atoms with Crippen LogP contribution in [0.5, 0.6) is 0 Å². The van der Waals surface area contributed by atoms with E-state index in [0.717, 1.165) is 31.7 Å². The Kier molecular flexibility index (Phi) is 4.99. The van der Waals surface area contributed by atoms with Crippen LogP contribution in [0, 0.1) is 6.92 Å². The standard InChI is InChI=1S/C16H23NO3/c1-12(18)15-11-14(20-13(15)2)7-8-16(19)17-9-5-3-4-6-10-17/h11H,3-10H2,1-2H3. The fourth-order valence-corrected chi connectivity index (χ4v) is 2.72. The zero-order chi connectivity index (χ0) is 14.5. The Labute approximate surface area is 120 Å². The van der Waals surface area contributed by atoms with Gasteiger partial charge in [0.25, 0.3) is 0 Å². The molecule has 0 radical (unpaired) electrons. The summed E-state index contributed by atoms with van der Waals surface area (Å²) in [6.07, 6.45) is 5.71. The topological polar surface area (TPSA) is 50.5 Å². The summed E-state index contributed by atoms with van der Waals surface area (Å²) >= 11 is 0. The highest BCUT2D eigenvalue weighted by Gasteiger charge is 2.17. The van der Waals surface area contributed by atoms with Gasteiger partial charge in [-0.25, -0.2) is 0 Å². The number of ketones is 1. The number of hydrogen-bond donors (Lipinski definition) is 0. The second kappa shape index (κ2) is 6.73. The van der Waals surface area contributed by atoms with Gasteiger partial charge in [-0.15, -0.1) is 0 Å². The lowest BCUT2D eigenvalue weighted by molar-refractivity contribution is -0.131. The Morgan fingerprint density at radius 3 is 2.40 bits per heavy atom. The highest BCUT2D eigenvalue weighted by atomic mass is 16.3.